The van der Waals surface area contributed by atoms with Crippen molar-refractivity contribution in [1.29, 1.82) is 0 Å². The molecule has 0 aliphatic carbocycles. The number of hydrogen-bond donors (Lipinski definition) is 0. The maximum Gasteiger partial charge on any atom is 0.175 e. The van der Waals surface area contributed by atoms with E-state index in [9.17, 15) is 8.42 Å². The quantitative estimate of drug-likeness (QED) is 0.793. The van der Waals surface area contributed by atoms with E-state index in [2.05, 4.69) is 0 Å². The first-order valence-electron chi connectivity index (χ1n) is 5.76. The van der Waals surface area contributed by atoms with Gasteiger partial charge in [0.05, 0.1) is 4.90 Å². The lowest BCUT2D eigenvalue weighted by molar-refractivity contribution is 0.384. The van der Waals surface area contributed by atoms with Crippen LogP contribution >= 0.6 is 11.6 Å². The van der Waals surface area contributed by atoms with Crippen molar-refractivity contribution in [2.45, 2.75) is 4.90 Å². The van der Waals surface area contributed by atoms with Crippen LogP contribution in [0.15, 0.2) is 53.4 Å². The summed E-state index contributed by atoms with van der Waals surface area (Å²) in [6, 6.07) is 13.3. The highest BCUT2D eigenvalue weighted by atomic mass is 35.5. The number of alkyl halides is 1. The zero-order valence-electron chi connectivity index (χ0n) is 10.7. The van der Waals surface area contributed by atoms with Gasteiger partial charge >= 0.3 is 0 Å². The predicted molar refractivity (Wildman–Crippen MR) is 77.4 cm³/mol. The van der Waals surface area contributed by atoms with Crippen molar-refractivity contribution in [2.24, 2.45) is 0 Å². The van der Waals surface area contributed by atoms with E-state index in [0.29, 0.717) is 17.2 Å². The summed E-state index contributed by atoms with van der Waals surface area (Å²) in [4.78, 5) is 0.254. The van der Waals surface area contributed by atoms with Gasteiger partial charge in [0.2, 0.25) is 0 Å². The van der Waals surface area contributed by atoms with Crippen LogP contribution in [0.3, 0.4) is 0 Å². The van der Waals surface area contributed by atoms with Crippen LogP contribution in [0.25, 0.3) is 0 Å². The molecular formula is C14H13ClO4S. The molecule has 0 atom stereocenters. The summed E-state index contributed by atoms with van der Waals surface area (Å²) in [5.41, 5.74) is 0. The van der Waals surface area contributed by atoms with Crippen LogP contribution in [0, 0.1) is 0 Å². The van der Waals surface area contributed by atoms with Gasteiger partial charge in [-0.15, -0.1) is 0 Å². The summed E-state index contributed by atoms with van der Waals surface area (Å²) < 4.78 is 33.5. The minimum atomic E-state index is -3.20. The molecule has 0 bridgehead atoms. The zero-order chi connectivity index (χ0) is 14.6. The Labute approximate surface area is 122 Å². The summed E-state index contributed by atoms with van der Waals surface area (Å²) in [6.45, 7) is 0. The zero-order valence-corrected chi connectivity index (χ0v) is 12.3. The molecule has 0 heterocycles. The van der Waals surface area contributed by atoms with E-state index in [1.165, 1.54) is 12.1 Å². The Balaban J connectivity index is 2.16. The van der Waals surface area contributed by atoms with Crippen molar-refractivity contribution in [2.75, 3.05) is 12.3 Å². The monoisotopic (exact) mass is 312 g/mol. The van der Waals surface area contributed by atoms with Crippen LogP contribution in [0.2, 0.25) is 0 Å². The molecule has 2 aromatic carbocycles. The Morgan fingerprint density at radius 2 is 1.65 bits per heavy atom. The van der Waals surface area contributed by atoms with Gasteiger partial charge < -0.3 is 9.47 Å². The summed E-state index contributed by atoms with van der Waals surface area (Å²) in [6.07, 6.45) is 1.16. The molecule has 4 nitrogen and oxygen atoms in total. The molecule has 20 heavy (non-hydrogen) atoms. The molecule has 0 unspecified atom stereocenters. The van der Waals surface area contributed by atoms with E-state index in [0.717, 1.165) is 6.26 Å². The second kappa shape index (κ2) is 6.15. The van der Waals surface area contributed by atoms with Crippen molar-refractivity contribution in [3.63, 3.8) is 0 Å². The summed E-state index contributed by atoms with van der Waals surface area (Å²) >= 11 is 5.49. The van der Waals surface area contributed by atoms with Crippen LogP contribution in [0.1, 0.15) is 0 Å². The van der Waals surface area contributed by atoms with Crippen molar-refractivity contribution >= 4 is 21.4 Å². The Kier molecular flexibility index (Phi) is 4.52. The number of halogens is 1. The number of hydrogen-bond acceptors (Lipinski definition) is 4. The highest BCUT2D eigenvalue weighted by Gasteiger charge is 2.07. The molecule has 2 rings (SSSR count). The molecule has 0 saturated carbocycles. The van der Waals surface area contributed by atoms with E-state index in [1.807, 2.05) is 0 Å². The summed E-state index contributed by atoms with van der Waals surface area (Å²) in [7, 11) is -3.20. The molecule has 106 valence electrons. The fraction of sp³-hybridized carbons (Fsp3) is 0.143. The molecule has 0 spiro atoms. The van der Waals surface area contributed by atoms with Gasteiger partial charge in [0.25, 0.3) is 0 Å². The van der Waals surface area contributed by atoms with E-state index >= 15 is 0 Å². The fourth-order valence-electron chi connectivity index (χ4n) is 1.58. The lowest BCUT2D eigenvalue weighted by Crippen LogP contribution is -1.96. The Bertz CT molecular complexity index is 681. The van der Waals surface area contributed by atoms with Gasteiger partial charge in [-0.05, 0) is 36.4 Å². The first-order chi connectivity index (χ1) is 9.49. The number of ether oxygens (including phenoxy) is 2. The van der Waals surface area contributed by atoms with E-state index in [1.54, 1.807) is 36.4 Å². The molecule has 6 heteroatoms. The highest BCUT2D eigenvalue weighted by Crippen LogP contribution is 2.26. The van der Waals surface area contributed by atoms with Gasteiger partial charge in [0, 0.05) is 12.3 Å². The Morgan fingerprint density at radius 3 is 2.25 bits per heavy atom. The van der Waals surface area contributed by atoms with Gasteiger partial charge in [-0.1, -0.05) is 17.7 Å². The minimum absolute atomic E-state index is 0.0620. The maximum absolute atomic E-state index is 11.3. The van der Waals surface area contributed by atoms with Crippen molar-refractivity contribution < 1.29 is 17.9 Å². The van der Waals surface area contributed by atoms with E-state index in [4.69, 9.17) is 21.1 Å². The smallest absolute Gasteiger partial charge is 0.175 e. The van der Waals surface area contributed by atoms with Gasteiger partial charge in [-0.3, -0.25) is 0 Å². The molecule has 0 radical (unpaired) electrons. The van der Waals surface area contributed by atoms with Crippen LogP contribution in [-0.2, 0) is 9.84 Å². The van der Waals surface area contributed by atoms with Gasteiger partial charge in [-0.25, -0.2) is 8.42 Å². The molecule has 0 fully saturated rings. The number of rotatable bonds is 5. The lowest BCUT2D eigenvalue weighted by Gasteiger charge is -2.08. The number of sulfone groups is 1. The molecule has 0 aliphatic rings. The summed E-state index contributed by atoms with van der Waals surface area (Å²) in [5.74, 6) is 1.73. The van der Waals surface area contributed by atoms with Gasteiger partial charge in [-0.2, -0.15) is 0 Å². The topological polar surface area (TPSA) is 52.6 Å². The average Bonchev–Trinajstić information content (AvgIpc) is 2.39. The SMILES string of the molecule is CS(=O)(=O)c1ccc(Oc2cccc(OCCl)c2)cc1. The second-order valence-corrected chi connectivity index (χ2v) is 6.31. The van der Waals surface area contributed by atoms with E-state index < -0.39 is 9.84 Å². The molecule has 0 aliphatic heterocycles. The first-order valence-corrected chi connectivity index (χ1v) is 8.18. The third-order valence-electron chi connectivity index (χ3n) is 2.51. The molecule has 0 aromatic heterocycles. The average molecular weight is 313 g/mol. The van der Waals surface area contributed by atoms with Crippen LogP contribution in [-0.4, -0.2) is 20.7 Å². The third kappa shape index (κ3) is 3.88. The second-order valence-electron chi connectivity index (χ2n) is 4.07. The fourth-order valence-corrected chi connectivity index (χ4v) is 2.34. The Hall–Kier alpha value is -1.72. The van der Waals surface area contributed by atoms with Crippen LogP contribution in [0.4, 0.5) is 0 Å². The van der Waals surface area contributed by atoms with E-state index in [-0.39, 0.29) is 11.0 Å². The maximum atomic E-state index is 11.3. The van der Waals surface area contributed by atoms with Gasteiger partial charge in [0.15, 0.2) is 15.9 Å². The van der Waals surface area contributed by atoms with Crippen molar-refractivity contribution in [3.05, 3.63) is 48.5 Å². The van der Waals surface area contributed by atoms with Crippen LogP contribution < -0.4 is 9.47 Å². The van der Waals surface area contributed by atoms with Crippen LogP contribution in [0.5, 0.6) is 17.2 Å². The third-order valence-corrected chi connectivity index (χ3v) is 3.75. The molecule has 0 saturated heterocycles. The molecule has 0 N–H and O–H groups in total. The number of benzene rings is 2. The largest absolute Gasteiger partial charge is 0.478 e. The predicted octanol–water partition coefficient (Wildman–Crippen LogP) is 3.46. The molecule has 2 aromatic rings. The molecular weight excluding hydrogens is 300 g/mol. The lowest BCUT2D eigenvalue weighted by atomic mass is 10.3. The molecule has 0 amide bonds. The highest BCUT2D eigenvalue weighted by molar-refractivity contribution is 7.90. The standard InChI is InChI=1S/C14H13ClO4S/c1-20(16,17)14-7-5-11(6-8-14)19-13-4-2-3-12(9-13)18-10-15/h2-9H,10H2,1H3. The minimum Gasteiger partial charge on any atom is -0.478 e. The summed E-state index contributed by atoms with van der Waals surface area (Å²) in [5, 5.41) is 0. The normalized spacial score (nSPS) is 11.1. The van der Waals surface area contributed by atoms with Gasteiger partial charge in [0.1, 0.15) is 17.2 Å². The Morgan fingerprint density at radius 1 is 1.00 bits per heavy atom. The van der Waals surface area contributed by atoms with Crippen molar-refractivity contribution in [1.82, 2.24) is 0 Å². The van der Waals surface area contributed by atoms with Crippen molar-refractivity contribution in [3.8, 4) is 17.2 Å². The first kappa shape index (κ1) is 14.7.